The van der Waals surface area contributed by atoms with E-state index in [4.69, 9.17) is 0 Å². The van der Waals surface area contributed by atoms with E-state index >= 15 is 0 Å². The number of hydrogen-bond acceptors (Lipinski definition) is 3. The van der Waals surface area contributed by atoms with Crippen molar-refractivity contribution in [2.24, 2.45) is 7.05 Å². The number of nitrogens with one attached hydrogen (secondary N) is 1. The Bertz CT molecular complexity index is 610. The summed E-state index contributed by atoms with van der Waals surface area (Å²) in [5, 5.41) is 2.84. The molecule has 2 aromatic rings. The molecule has 0 atom stereocenters. The van der Waals surface area contributed by atoms with Crippen LogP contribution in [-0.2, 0) is 19.0 Å². The van der Waals surface area contributed by atoms with Crippen LogP contribution in [-0.4, -0.2) is 20.4 Å². The summed E-state index contributed by atoms with van der Waals surface area (Å²) in [6.45, 7) is 6.72. The molecule has 0 saturated heterocycles. The van der Waals surface area contributed by atoms with E-state index in [2.05, 4.69) is 36.1 Å². The minimum absolute atomic E-state index is 0.00234. The van der Waals surface area contributed by atoms with Crippen LogP contribution in [0.3, 0.4) is 0 Å². The van der Waals surface area contributed by atoms with Crippen LogP contribution in [0.1, 0.15) is 42.6 Å². The molecule has 0 saturated carbocycles. The quantitative estimate of drug-likeness (QED) is 0.930. The van der Waals surface area contributed by atoms with Gasteiger partial charge in [0.05, 0.1) is 6.54 Å². The molecule has 0 aliphatic carbocycles. The second-order valence-electron chi connectivity index (χ2n) is 5.82. The molecular formula is C15H20N4O. The molecule has 20 heavy (non-hydrogen) atoms. The molecule has 5 nitrogen and oxygen atoms in total. The standard InChI is InChI=1S/C15H20N4O/c1-15(2,3)11-5-6-16-12(9-11)14(20)18-10-13-17-7-8-19(13)4/h5-9H,10H2,1-4H3,(H,18,20). The summed E-state index contributed by atoms with van der Waals surface area (Å²) in [4.78, 5) is 20.4. The number of amides is 1. The van der Waals surface area contributed by atoms with Crippen molar-refractivity contribution in [3.05, 3.63) is 47.8 Å². The zero-order valence-corrected chi connectivity index (χ0v) is 12.3. The van der Waals surface area contributed by atoms with E-state index < -0.39 is 0 Å². The van der Waals surface area contributed by atoms with Gasteiger partial charge in [0.2, 0.25) is 0 Å². The third kappa shape index (κ3) is 3.23. The van der Waals surface area contributed by atoms with E-state index in [0.29, 0.717) is 12.2 Å². The average Bonchev–Trinajstić information content (AvgIpc) is 2.81. The monoisotopic (exact) mass is 272 g/mol. The van der Waals surface area contributed by atoms with Gasteiger partial charge < -0.3 is 9.88 Å². The normalized spacial score (nSPS) is 11.4. The van der Waals surface area contributed by atoms with E-state index in [1.807, 2.05) is 29.9 Å². The first-order valence-corrected chi connectivity index (χ1v) is 6.59. The summed E-state index contributed by atoms with van der Waals surface area (Å²) in [5.41, 5.74) is 1.53. The van der Waals surface area contributed by atoms with E-state index in [1.54, 1.807) is 12.4 Å². The number of hydrogen-bond donors (Lipinski definition) is 1. The molecule has 0 aromatic carbocycles. The number of carbonyl (C=O) groups is 1. The molecule has 0 aliphatic rings. The average molecular weight is 272 g/mol. The summed E-state index contributed by atoms with van der Waals surface area (Å²) in [5.74, 6) is 0.629. The van der Waals surface area contributed by atoms with E-state index in [-0.39, 0.29) is 11.3 Å². The van der Waals surface area contributed by atoms with Crippen molar-refractivity contribution in [3.63, 3.8) is 0 Å². The van der Waals surface area contributed by atoms with Crippen molar-refractivity contribution < 1.29 is 4.79 Å². The Labute approximate surface area is 119 Å². The number of aryl methyl sites for hydroxylation is 1. The Morgan fingerprint density at radius 3 is 2.65 bits per heavy atom. The van der Waals surface area contributed by atoms with Crippen LogP contribution < -0.4 is 5.32 Å². The Kier molecular flexibility index (Phi) is 3.88. The molecule has 106 valence electrons. The lowest BCUT2D eigenvalue weighted by molar-refractivity contribution is 0.0944. The molecule has 1 amide bonds. The molecule has 0 radical (unpaired) electrons. The summed E-state index contributed by atoms with van der Waals surface area (Å²) < 4.78 is 1.87. The Balaban J connectivity index is 2.08. The highest BCUT2D eigenvalue weighted by Crippen LogP contribution is 2.21. The maximum atomic E-state index is 12.1. The maximum absolute atomic E-state index is 12.1. The van der Waals surface area contributed by atoms with Gasteiger partial charge >= 0.3 is 0 Å². The number of nitrogens with zero attached hydrogens (tertiary/aromatic N) is 3. The molecule has 0 unspecified atom stereocenters. The van der Waals surface area contributed by atoms with Gasteiger partial charge in [0.25, 0.3) is 5.91 Å². The highest BCUT2D eigenvalue weighted by Gasteiger charge is 2.16. The fourth-order valence-corrected chi connectivity index (χ4v) is 1.84. The zero-order valence-electron chi connectivity index (χ0n) is 12.3. The Morgan fingerprint density at radius 1 is 1.30 bits per heavy atom. The molecule has 2 rings (SSSR count). The van der Waals surface area contributed by atoms with Gasteiger partial charge in [-0.2, -0.15) is 0 Å². The first-order valence-electron chi connectivity index (χ1n) is 6.59. The van der Waals surface area contributed by atoms with Crippen LogP contribution in [0.4, 0.5) is 0 Å². The first-order chi connectivity index (χ1) is 9.38. The smallest absolute Gasteiger partial charge is 0.270 e. The van der Waals surface area contributed by atoms with Crippen molar-refractivity contribution in [3.8, 4) is 0 Å². The summed E-state index contributed by atoms with van der Waals surface area (Å²) >= 11 is 0. The van der Waals surface area contributed by atoms with Gasteiger partial charge in [-0.1, -0.05) is 20.8 Å². The van der Waals surface area contributed by atoms with E-state index in [9.17, 15) is 4.79 Å². The van der Waals surface area contributed by atoms with Gasteiger partial charge in [0, 0.05) is 25.6 Å². The third-order valence-electron chi connectivity index (χ3n) is 3.19. The van der Waals surface area contributed by atoms with Crippen molar-refractivity contribution in [1.29, 1.82) is 0 Å². The molecule has 2 aromatic heterocycles. The van der Waals surface area contributed by atoms with E-state index in [0.717, 1.165) is 11.4 Å². The van der Waals surface area contributed by atoms with Gasteiger partial charge in [-0.15, -0.1) is 0 Å². The van der Waals surface area contributed by atoms with Crippen molar-refractivity contribution in [2.45, 2.75) is 32.7 Å². The second kappa shape index (κ2) is 5.45. The fraction of sp³-hybridized carbons (Fsp3) is 0.400. The predicted molar refractivity (Wildman–Crippen MR) is 77.3 cm³/mol. The topological polar surface area (TPSA) is 59.8 Å². The lowest BCUT2D eigenvalue weighted by Crippen LogP contribution is -2.26. The second-order valence-corrected chi connectivity index (χ2v) is 5.82. The van der Waals surface area contributed by atoms with Crippen LogP contribution in [0.25, 0.3) is 0 Å². The lowest BCUT2D eigenvalue weighted by atomic mass is 9.87. The number of pyridine rings is 1. The number of rotatable bonds is 3. The molecule has 5 heteroatoms. The highest BCUT2D eigenvalue weighted by molar-refractivity contribution is 5.92. The summed E-state index contributed by atoms with van der Waals surface area (Å²) in [6.07, 6.45) is 5.23. The van der Waals surface area contributed by atoms with Crippen LogP contribution >= 0.6 is 0 Å². The van der Waals surface area contributed by atoms with Crippen molar-refractivity contribution >= 4 is 5.91 Å². The Morgan fingerprint density at radius 2 is 2.05 bits per heavy atom. The van der Waals surface area contributed by atoms with E-state index in [1.165, 1.54) is 0 Å². The molecule has 0 spiro atoms. The zero-order chi connectivity index (χ0) is 14.8. The van der Waals surface area contributed by atoms with Gasteiger partial charge in [-0.3, -0.25) is 9.78 Å². The molecule has 0 bridgehead atoms. The fourth-order valence-electron chi connectivity index (χ4n) is 1.84. The van der Waals surface area contributed by atoms with Gasteiger partial charge in [0.1, 0.15) is 11.5 Å². The highest BCUT2D eigenvalue weighted by atomic mass is 16.1. The third-order valence-corrected chi connectivity index (χ3v) is 3.19. The van der Waals surface area contributed by atoms with Crippen LogP contribution in [0.2, 0.25) is 0 Å². The predicted octanol–water partition coefficient (Wildman–Crippen LogP) is 2.04. The SMILES string of the molecule is Cn1ccnc1CNC(=O)c1cc(C(C)(C)C)ccn1. The molecule has 0 fully saturated rings. The van der Waals surface area contributed by atoms with Crippen molar-refractivity contribution in [1.82, 2.24) is 19.9 Å². The maximum Gasteiger partial charge on any atom is 0.270 e. The molecular weight excluding hydrogens is 252 g/mol. The molecule has 1 N–H and O–H groups in total. The molecule has 0 aliphatic heterocycles. The molecule has 2 heterocycles. The number of carbonyl (C=O) groups excluding carboxylic acids is 1. The minimum Gasteiger partial charge on any atom is -0.343 e. The largest absolute Gasteiger partial charge is 0.343 e. The van der Waals surface area contributed by atoms with Crippen molar-refractivity contribution in [2.75, 3.05) is 0 Å². The van der Waals surface area contributed by atoms with Gasteiger partial charge in [-0.25, -0.2) is 4.98 Å². The van der Waals surface area contributed by atoms with Crippen LogP contribution in [0.15, 0.2) is 30.7 Å². The van der Waals surface area contributed by atoms with Crippen LogP contribution in [0, 0.1) is 0 Å². The van der Waals surface area contributed by atoms with Gasteiger partial charge in [0.15, 0.2) is 0 Å². The summed E-state index contributed by atoms with van der Waals surface area (Å²) in [6, 6.07) is 3.78. The number of imidazole rings is 1. The first kappa shape index (κ1) is 14.2. The number of aromatic nitrogens is 3. The Hall–Kier alpha value is -2.17. The lowest BCUT2D eigenvalue weighted by Gasteiger charge is -2.19. The minimum atomic E-state index is -0.181. The van der Waals surface area contributed by atoms with Crippen LogP contribution in [0.5, 0.6) is 0 Å². The van der Waals surface area contributed by atoms with Gasteiger partial charge in [-0.05, 0) is 23.1 Å². The summed E-state index contributed by atoms with van der Waals surface area (Å²) in [7, 11) is 1.90.